The van der Waals surface area contributed by atoms with E-state index in [1.807, 2.05) is 18.2 Å². The van der Waals surface area contributed by atoms with E-state index in [9.17, 15) is 4.79 Å². The maximum atomic E-state index is 12.8. The summed E-state index contributed by atoms with van der Waals surface area (Å²) in [5.41, 5.74) is 3.44. The number of benzene rings is 2. The Morgan fingerprint density at radius 1 is 0.871 bits per heavy atom. The van der Waals surface area contributed by atoms with Crippen molar-refractivity contribution in [2.75, 3.05) is 26.2 Å². The van der Waals surface area contributed by atoms with Crippen molar-refractivity contribution in [3.63, 3.8) is 0 Å². The summed E-state index contributed by atoms with van der Waals surface area (Å²) in [5, 5.41) is 4.51. The Bertz CT molecular complexity index is 861. The number of likely N-dealkylation sites (tertiary alicyclic amines) is 2. The summed E-state index contributed by atoms with van der Waals surface area (Å²) in [6.45, 7) is 6.40. The van der Waals surface area contributed by atoms with Gasteiger partial charge in [-0.05, 0) is 68.6 Å². The number of halogens is 2. The van der Waals surface area contributed by atoms with E-state index in [0.717, 1.165) is 43.6 Å². The molecule has 1 atom stereocenters. The summed E-state index contributed by atoms with van der Waals surface area (Å²) in [4.78, 5) is 17.6. The van der Waals surface area contributed by atoms with E-state index in [2.05, 4.69) is 39.4 Å². The van der Waals surface area contributed by atoms with Crippen LogP contribution in [-0.2, 0) is 24.4 Å². The molecule has 1 N–H and O–H groups in total. The van der Waals surface area contributed by atoms with E-state index < -0.39 is 0 Å². The molecule has 166 valence electrons. The first-order valence-corrected chi connectivity index (χ1v) is 12.1. The third kappa shape index (κ3) is 6.23. The quantitative estimate of drug-likeness (QED) is 0.623. The Labute approximate surface area is 195 Å². The number of hydrogen-bond donors (Lipinski definition) is 1. The van der Waals surface area contributed by atoms with Gasteiger partial charge in [0.25, 0.3) is 0 Å². The van der Waals surface area contributed by atoms with Crippen molar-refractivity contribution in [3.8, 4) is 0 Å². The number of nitrogens with one attached hydrogen (secondary N) is 1. The molecule has 4 rings (SSSR count). The Balaban J connectivity index is 1.26. The van der Waals surface area contributed by atoms with Crippen LogP contribution >= 0.6 is 23.2 Å². The maximum Gasteiger partial charge on any atom is 0.224 e. The molecule has 2 aliphatic rings. The highest BCUT2D eigenvalue weighted by molar-refractivity contribution is 6.35. The lowest BCUT2D eigenvalue weighted by Crippen LogP contribution is -2.42. The van der Waals surface area contributed by atoms with Crippen LogP contribution in [0.2, 0.25) is 10.0 Å². The minimum atomic E-state index is 0.00412. The van der Waals surface area contributed by atoms with E-state index >= 15 is 0 Å². The van der Waals surface area contributed by atoms with Crippen molar-refractivity contribution in [1.82, 2.24) is 15.1 Å². The zero-order chi connectivity index (χ0) is 21.6. The second kappa shape index (κ2) is 10.8. The van der Waals surface area contributed by atoms with Crippen molar-refractivity contribution in [3.05, 3.63) is 69.2 Å². The summed E-state index contributed by atoms with van der Waals surface area (Å²) in [6.07, 6.45) is 4.56. The van der Waals surface area contributed by atoms with E-state index in [-0.39, 0.29) is 11.8 Å². The van der Waals surface area contributed by atoms with Gasteiger partial charge >= 0.3 is 0 Å². The molecule has 2 aliphatic heterocycles. The molecule has 0 spiro atoms. The van der Waals surface area contributed by atoms with E-state index in [1.165, 1.54) is 31.5 Å². The van der Waals surface area contributed by atoms with E-state index in [0.29, 0.717) is 23.1 Å². The first kappa shape index (κ1) is 22.6. The topological polar surface area (TPSA) is 35.6 Å². The van der Waals surface area contributed by atoms with Crippen LogP contribution in [-0.4, -0.2) is 41.9 Å². The van der Waals surface area contributed by atoms with Crippen LogP contribution < -0.4 is 5.32 Å². The van der Waals surface area contributed by atoms with Gasteiger partial charge in [0.15, 0.2) is 0 Å². The third-order valence-electron chi connectivity index (χ3n) is 6.41. The van der Waals surface area contributed by atoms with Crippen LogP contribution in [0.25, 0.3) is 0 Å². The lowest BCUT2D eigenvalue weighted by atomic mass is 9.96. The second-order valence-electron chi connectivity index (χ2n) is 8.79. The van der Waals surface area contributed by atoms with Gasteiger partial charge in [0.1, 0.15) is 0 Å². The fourth-order valence-corrected chi connectivity index (χ4v) is 5.13. The molecule has 0 bridgehead atoms. The van der Waals surface area contributed by atoms with Crippen LogP contribution in [0.15, 0.2) is 42.5 Å². The molecule has 2 aromatic rings. The van der Waals surface area contributed by atoms with Gasteiger partial charge in [-0.1, -0.05) is 53.5 Å². The molecule has 0 aliphatic carbocycles. The zero-order valence-corrected chi connectivity index (χ0v) is 19.5. The molecule has 0 aromatic heterocycles. The molecule has 0 saturated carbocycles. The van der Waals surface area contributed by atoms with Crippen LogP contribution in [0.5, 0.6) is 0 Å². The van der Waals surface area contributed by atoms with Gasteiger partial charge in [-0.3, -0.25) is 14.6 Å². The predicted molar refractivity (Wildman–Crippen MR) is 127 cm³/mol. The molecule has 4 nitrogen and oxygen atoms in total. The van der Waals surface area contributed by atoms with Crippen molar-refractivity contribution in [1.29, 1.82) is 0 Å². The number of nitrogens with zero attached hydrogens (tertiary/aromatic N) is 2. The molecule has 2 fully saturated rings. The second-order valence-corrected chi connectivity index (χ2v) is 9.61. The summed E-state index contributed by atoms with van der Waals surface area (Å²) in [7, 11) is 0. The highest BCUT2D eigenvalue weighted by atomic mass is 35.5. The number of amides is 1. The minimum Gasteiger partial charge on any atom is -0.352 e. The first-order valence-electron chi connectivity index (χ1n) is 11.3. The number of piperidine rings is 1. The zero-order valence-electron chi connectivity index (χ0n) is 18.0. The molecule has 1 unspecified atom stereocenters. The molecule has 2 aromatic carbocycles. The fourth-order valence-electron chi connectivity index (χ4n) is 4.62. The number of rotatable bonds is 7. The molecule has 1 amide bonds. The highest BCUT2D eigenvalue weighted by Gasteiger charge is 2.26. The lowest BCUT2D eigenvalue weighted by Gasteiger charge is -2.32. The molecular formula is C25H31Cl2N3O. The predicted octanol–water partition coefficient (Wildman–Crippen LogP) is 5.12. The number of carbonyl (C=O) groups is 1. The van der Waals surface area contributed by atoms with E-state index in [4.69, 9.17) is 23.2 Å². The molecule has 2 heterocycles. The van der Waals surface area contributed by atoms with Gasteiger partial charge in [0.2, 0.25) is 5.91 Å². The summed E-state index contributed by atoms with van der Waals surface area (Å²) < 4.78 is 0. The van der Waals surface area contributed by atoms with Crippen LogP contribution in [0.1, 0.15) is 42.4 Å². The normalized spacial score (nSPS) is 20.1. The summed E-state index contributed by atoms with van der Waals surface area (Å²) in [6, 6.07) is 14.3. The lowest BCUT2D eigenvalue weighted by molar-refractivity contribution is -0.126. The summed E-state index contributed by atoms with van der Waals surface area (Å²) in [5.74, 6) is 0.139. The molecule has 31 heavy (non-hydrogen) atoms. The smallest absolute Gasteiger partial charge is 0.224 e. The van der Waals surface area contributed by atoms with Gasteiger partial charge < -0.3 is 5.32 Å². The van der Waals surface area contributed by atoms with Crippen molar-refractivity contribution < 1.29 is 4.79 Å². The van der Waals surface area contributed by atoms with Crippen LogP contribution in [0, 0.1) is 5.92 Å². The Morgan fingerprint density at radius 3 is 2.23 bits per heavy atom. The molecule has 2 saturated heterocycles. The largest absolute Gasteiger partial charge is 0.352 e. The average Bonchev–Trinajstić information content (AvgIpc) is 3.29. The monoisotopic (exact) mass is 459 g/mol. The summed E-state index contributed by atoms with van der Waals surface area (Å²) >= 11 is 12.7. The van der Waals surface area contributed by atoms with Crippen LogP contribution in [0.4, 0.5) is 0 Å². The van der Waals surface area contributed by atoms with Gasteiger partial charge in [-0.15, -0.1) is 0 Å². The van der Waals surface area contributed by atoms with E-state index in [1.54, 1.807) is 0 Å². The average molecular weight is 460 g/mol. The SMILES string of the molecule is O=C(NCc1ccc(CN2CCCC2)cc1)C1CCCN(Cc2c(Cl)cccc2Cl)C1. The Morgan fingerprint density at radius 2 is 1.52 bits per heavy atom. The Hall–Kier alpha value is -1.59. The van der Waals surface area contributed by atoms with Crippen molar-refractivity contribution in [2.45, 2.75) is 45.3 Å². The van der Waals surface area contributed by atoms with Gasteiger partial charge in [-0.2, -0.15) is 0 Å². The maximum absolute atomic E-state index is 12.8. The van der Waals surface area contributed by atoms with Gasteiger partial charge in [0, 0.05) is 41.8 Å². The highest BCUT2D eigenvalue weighted by Crippen LogP contribution is 2.27. The molecule has 0 radical (unpaired) electrons. The minimum absolute atomic E-state index is 0.00412. The van der Waals surface area contributed by atoms with Gasteiger partial charge in [-0.25, -0.2) is 0 Å². The Kier molecular flexibility index (Phi) is 7.89. The van der Waals surface area contributed by atoms with Crippen LogP contribution in [0.3, 0.4) is 0 Å². The first-order chi connectivity index (χ1) is 15.1. The van der Waals surface area contributed by atoms with Crippen molar-refractivity contribution >= 4 is 29.1 Å². The van der Waals surface area contributed by atoms with Crippen molar-refractivity contribution in [2.24, 2.45) is 5.92 Å². The molecular weight excluding hydrogens is 429 g/mol. The third-order valence-corrected chi connectivity index (χ3v) is 7.12. The number of carbonyl (C=O) groups excluding carboxylic acids is 1. The standard InChI is InChI=1S/C25H31Cl2N3O/c26-23-6-3-7-24(27)22(23)18-30-14-4-5-21(17-30)25(31)28-15-19-8-10-20(11-9-19)16-29-12-1-2-13-29/h3,6-11,21H,1-2,4-5,12-18H2,(H,28,31). The van der Waals surface area contributed by atoms with Gasteiger partial charge in [0.05, 0.1) is 5.92 Å². The number of hydrogen-bond acceptors (Lipinski definition) is 3. The molecule has 6 heteroatoms. The fraction of sp³-hybridized carbons (Fsp3) is 0.480.